The second-order valence-electron chi connectivity index (χ2n) is 13.5. The molecule has 1 saturated heterocycles. The average molecular weight is 613 g/mol. The first-order valence-corrected chi connectivity index (χ1v) is 16.1. The molecule has 8 heteroatoms. The van der Waals surface area contributed by atoms with Gasteiger partial charge in [-0.05, 0) is 61.8 Å². The Morgan fingerprint density at radius 3 is 2.64 bits per heavy atom. The van der Waals surface area contributed by atoms with Crippen LogP contribution in [0.15, 0.2) is 55.1 Å². The minimum atomic E-state index is -0.877. The molecule has 5 atom stereocenters. The van der Waals surface area contributed by atoms with E-state index in [0.29, 0.717) is 50.3 Å². The van der Waals surface area contributed by atoms with Crippen LogP contribution in [0.2, 0.25) is 0 Å². The van der Waals surface area contributed by atoms with E-state index in [-0.39, 0.29) is 29.9 Å². The van der Waals surface area contributed by atoms with Crippen molar-refractivity contribution in [2.45, 2.75) is 89.5 Å². The first-order chi connectivity index (χ1) is 21.5. The molecule has 2 fully saturated rings. The number of amides is 1. The number of ether oxygens (including phenoxy) is 3. The topological polar surface area (TPSA) is 85.4 Å². The van der Waals surface area contributed by atoms with Crippen LogP contribution in [-0.4, -0.2) is 71.1 Å². The van der Waals surface area contributed by atoms with Gasteiger partial charge in [0.1, 0.15) is 11.7 Å². The van der Waals surface area contributed by atoms with Crippen molar-refractivity contribution in [2.75, 3.05) is 19.6 Å². The quantitative estimate of drug-likeness (QED) is 0.162. The number of piperidine rings is 1. The lowest BCUT2D eigenvalue weighted by molar-refractivity contribution is -0.223. The highest BCUT2D eigenvalue weighted by molar-refractivity contribution is 5.92. The van der Waals surface area contributed by atoms with Crippen LogP contribution in [0.3, 0.4) is 0 Å². The first-order valence-electron chi connectivity index (χ1n) is 16.1. The Hall–Kier alpha value is -3.91. The van der Waals surface area contributed by atoms with Crippen molar-refractivity contribution >= 4 is 23.9 Å². The maximum absolute atomic E-state index is 14.1. The molecule has 0 N–H and O–H groups in total. The highest BCUT2D eigenvalue weighted by Gasteiger charge is 2.75. The number of hydrogen-bond acceptors (Lipinski definition) is 7. The largest absolute Gasteiger partial charge is 0.483 e. The molecule has 1 saturated carbocycles. The summed E-state index contributed by atoms with van der Waals surface area (Å²) in [4.78, 5) is 43.7. The maximum Gasteiger partial charge on any atom is 0.308 e. The van der Waals surface area contributed by atoms with Crippen LogP contribution >= 0.6 is 0 Å². The van der Waals surface area contributed by atoms with Gasteiger partial charge in [-0.3, -0.25) is 19.3 Å². The fourth-order valence-corrected chi connectivity index (χ4v) is 8.79. The van der Waals surface area contributed by atoms with Crippen molar-refractivity contribution < 1.29 is 28.6 Å². The SMILES string of the molecule is C=CCN1CC[C@]23c4c5ccc(OC(C)=O)c4OC2C(N(CC(C)C)C(=O)C=Cc2cccc(C)c2)CC[C@@]3(OC(C)=O)[C@H]1C5. The van der Waals surface area contributed by atoms with E-state index in [0.717, 1.165) is 28.8 Å². The molecular weight excluding hydrogens is 568 g/mol. The minimum Gasteiger partial charge on any atom is -0.483 e. The summed E-state index contributed by atoms with van der Waals surface area (Å²) in [5.74, 6) is 0.276. The smallest absolute Gasteiger partial charge is 0.308 e. The van der Waals surface area contributed by atoms with Crippen molar-refractivity contribution in [3.8, 4) is 11.5 Å². The van der Waals surface area contributed by atoms with Crippen molar-refractivity contribution in [3.63, 3.8) is 0 Å². The van der Waals surface area contributed by atoms with Gasteiger partial charge in [-0.15, -0.1) is 6.58 Å². The van der Waals surface area contributed by atoms with Gasteiger partial charge in [-0.25, -0.2) is 0 Å². The molecule has 2 aliphatic carbocycles. The predicted molar refractivity (Wildman–Crippen MR) is 172 cm³/mol. The molecule has 1 spiro atoms. The second kappa shape index (κ2) is 11.8. The molecule has 2 aromatic rings. The zero-order chi connectivity index (χ0) is 32.1. The van der Waals surface area contributed by atoms with Gasteiger partial charge in [0.05, 0.1) is 17.5 Å². The number of aryl methyl sites for hydroxylation is 1. The van der Waals surface area contributed by atoms with Crippen molar-refractivity contribution in [3.05, 3.63) is 77.4 Å². The Balaban J connectivity index is 1.50. The molecule has 238 valence electrons. The lowest BCUT2D eigenvalue weighted by Gasteiger charge is -2.65. The zero-order valence-electron chi connectivity index (χ0n) is 27.0. The number of benzene rings is 2. The van der Waals surface area contributed by atoms with Crippen LogP contribution < -0.4 is 9.47 Å². The van der Waals surface area contributed by atoms with E-state index < -0.39 is 23.1 Å². The minimum absolute atomic E-state index is 0.0805. The van der Waals surface area contributed by atoms with Crippen molar-refractivity contribution in [1.29, 1.82) is 0 Å². The number of rotatable bonds is 9. The Morgan fingerprint density at radius 2 is 1.96 bits per heavy atom. The third-order valence-electron chi connectivity index (χ3n) is 10.1. The average Bonchev–Trinajstić information content (AvgIpc) is 3.32. The fourth-order valence-electron chi connectivity index (χ4n) is 8.79. The molecule has 2 bridgehead atoms. The van der Waals surface area contributed by atoms with E-state index >= 15 is 0 Å². The van der Waals surface area contributed by atoms with Gasteiger partial charge in [0.15, 0.2) is 11.5 Å². The summed E-state index contributed by atoms with van der Waals surface area (Å²) in [6.07, 6.45) is 7.45. The number of esters is 2. The van der Waals surface area contributed by atoms with Crippen LogP contribution in [-0.2, 0) is 31.0 Å². The number of carbonyl (C=O) groups excluding carboxylic acids is 3. The van der Waals surface area contributed by atoms with Crippen LogP contribution in [0.5, 0.6) is 11.5 Å². The molecular formula is C37H44N2O6. The Morgan fingerprint density at radius 1 is 1.16 bits per heavy atom. The lowest BCUT2D eigenvalue weighted by Crippen LogP contribution is -2.79. The van der Waals surface area contributed by atoms with E-state index in [1.54, 1.807) is 6.08 Å². The molecule has 8 nitrogen and oxygen atoms in total. The molecule has 2 unspecified atom stereocenters. The number of nitrogens with zero attached hydrogens (tertiary/aromatic N) is 2. The van der Waals surface area contributed by atoms with Gasteiger partial charge in [0.25, 0.3) is 0 Å². The van der Waals surface area contributed by atoms with Crippen LogP contribution in [0.4, 0.5) is 0 Å². The molecule has 0 radical (unpaired) electrons. The molecule has 2 aliphatic heterocycles. The zero-order valence-corrected chi connectivity index (χ0v) is 27.0. The number of carbonyl (C=O) groups is 3. The van der Waals surface area contributed by atoms with E-state index in [2.05, 4.69) is 31.4 Å². The second-order valence-corrected chi connectivity index (χ2v) is 13.5. The van der Waals surface area contributed by atoms with Gasteiger partial charge in [-0.1, -0.05) is 55.8 Å². The highest BCUT2D eigenvalue weighted by atomic mass is 16.6. The molecule has 2 heterocycles. The van der Waals surface area contributed by atoms with Gasteiger partial charge < -0.3 is 19.1 Å². The summed E-state index contributed by atoms with van der Waals surface area (Å²) >= 11 is 0. The van der Waals surface area contributed by atoms with Gasteiger partial charge in [-0.2, -0.15) is 0 Å². The summed E-state index contributed by atoms with van der Waals surface area (Å²) in [5, 5.41) is 0. The first kappa shape index (κ1) is 31.1. The van der Waals surface area contributed by atoms with Crippen molar-refractivity contribution in [1.82, 2.24) is 9.80 Å². The summed E-state index contributed by atoms with van der Waals surface area (Å²) in [6.45, 7) is 15.1. The predicted octanol–water partition coefficient (Wildman–Crippen LogP) is 5.40. The molecule has 0 aromatic heterocycles. The third-order valence-corrected chi connectivity index (χ3v) is 10.1. The lowest BCUT2D eigenvalue weighted by atomic mass is 9.48. The standard InChI is InChI=1S/C37H44N2O6/c1-7-18-38-19-17-36-33-28-12-13-30(43-25(5)40)34(33)44-35(36)29(15-16-37(36,31(38)21-28)45-26(6)41)39(22-23(2)3)32(42)14-11-27-10-8-9-24(4)20-27/h7-14,20,23,29,31,35H,1,15-19,21-22H2,2-6H3/t29?,31-,35?,36+,37-/m1/s1. The van der Waals surface area contributed by atoms with Gasteiger partial charge in [0, 0.05) is 45.1 Å². The van der Waals surface area contributed by atoms with Crippen molar-refractivity contribution in [2.24, 2.45) is 5.92 Å². The Labute approximate surface area is 266 Å². The van der Waals surface area contributed by atoms with Gasteiger partial charge >= 0.3 is 11.9 Å². The number of likely N-dealkylation sites (tertiary alicyclic amines) is 1. The Kier molecular flexibility index (Phi) is 8.14. The maximum atomic E-state index is 14.1. The summed E-state index contributed by atoms with van der Waals surface area (Å²) in [7, 11) is 0. The summed E-state index contributed by atoms with van der Waals surface area (Å²) < 4.78 is 19.3. The van der Waals surface area contributed by atoms with E-state index in [9.17, 15) is 14.4 Å². The van der Waals surface area contributed by atoms with Crippen LogP contribution in [0, 0.1) is 12.8 Å². The molecule has 1 amide bonds. The van der Waals surface area contributed by atoms with Crippen LogP contribution in [0.1, 0.15) is 69.2 Å². The van der Waals surface area contributed by atoms with E-state index in [4.69, 9.17) is 14.2 Å². The van der Waals surface area contributed by atoms with E-state index in [1.807, 2.05) is 54.3 Å². The molecule has 4 aliphatic rings. The van der Waals surface area contributed by atoms with E-state index in [1.165, 1.54) is 13.8 Å². The Bertz CT molecular complexity index is 1560. The molecule has 6 rings (SSSR count). The highest BCUT2D eigenvalue weighted by Crippen LogP contribution is 2.67. The van der Waals surface area contributed by atoms with Gasteiger partial charge in [0.2, 0.25) is 5.91 Å². The monoisotopic (exact) mass is 612 g/mol. The molecule has 45 heavy (non-hydrogen) atoms. The van der Waals surface area contributed by atoms with Crippen LogP contribution in [0.25, 0.3) is 6.08 Å². The fraction of sp³-hybridized carbons (Fsp3) is 0.486. The third kappa shape index (κ3) is 5.07. The summed E-state index contributed by atoms with van der Waals surface area (Å²) in [5.41, 5.74) is 2.57. The normalized spacial score (nSPS) is 27.9. The summed E-state index contributed by atoms with van der Waals surface area (Å²) in [6, 6.07) is 11.5. The number of hydrogen-bond donors (Lipinski definition) is 0. The molecule has 2 aromatic carbocycles.